The minimum atomic E-state index is -0.375. The summed E-state index contributed by atoms with van der Waals surface area (Å²) in [5.74, 6) is 0.389. The van der Waals surface area contributed by atoms with Crippen LogP contribution < -0.4 is 20.1 Å². The van der Waals surface area contributed by atoms with Gasteiger partial charge in [-0.05, 0) is 53.3 Å². The van der Waals surface area contributed by atoms with Gasteiger partial charge in [0.05, 0.1) is 19.1 Å². The first-order valence-corrected chi connectivity index (χ1v) is 11.6. The highest BCUT2D eigenvalue weighted by Crippen LogP contribution is 2.28. The van der Waals surface area contributed by atoms with Gasteiger partial charge in [-0.25, -0.2) is 0 Å². The van der Waals surface area contributed by atoms with Gasteiger partial charge in [0.15, 0.2) is 11.5 Å². The zero-order valence-corrected chi connectivity index (χ0v) is 19.7. The number of ether oxygens (including phenoxy) is 2. The van der Waals surface area contributed by atoms with Crippen molar-refractivity contribution in [2.45, 2.75) is 6.42 Å². The van der Waals surface area contributed by atoms with Crippen LogP contribution in [0.5, 0.6) is 11.5 Å². The summed E-state index contributed by atoms with van der Waals surface area (Å²) in [4.78, 5) is 29.5. The molecule has 0 spiro atoms. The van der Waals surface area contributed by atoms with E-state index in [0.717, 1.165) is 16.5 Å². The average Bonchev–Trinajstić information content (AvgIpc) is 3.54. The number of methoxy groups -OCH3 is 2. The molecule has 3 N–H and O–H groups in total. The van der Waals surface area contributed by atoms with Gasteiger partial charge in [0.1, 0.15) is 5.70 Å². The molecule has 8 heteroatoms. The molecule has 174 valence electrons. The van der Waals surface area contributed by atoms with Crippen molar-refractivity contribution in [2.75, 3.05) is 20.8 Å². The normalized spacial score (nSPS) is 11.3. The van der Waals surface area contributed by atoms with E-state index < -0.39 is 0 Å². The van der Waals surface area contributed by atoms with E-state index in [2.05, 4.69) is 15.6 Å². The number of amides is 2. The Labute approximate surface area is 201 Å². The third-order valence-electron chi connectivity index (χ3n) is 5.31. The molecule has 0 fully saturated rings. The Hall–Kier alpha value is -4.04. The van der Waals surface area contributed by atoms with Gasteiger partial charge in [-0.3, -0.25) is 9.59 Å². The van der Waals surface area contributed by atoms with Gasteiger partial charge in [-0.15, -0.1) is 11.3 Å². The fourth-order valence-corrected chi connectivity index (χ4v) is 4.22. The van der Waals surface area contributed by atoms with E-state index in [1.807, 2.05) is 35.8 Å². The summed E-state index contributed by atoms with van der Waals surface area (Å²) in [7, 11) is 3.10. The van der Waals surface area contributed by atoms with Gasteiger partial charge in [0.2, 0.25) is 0 Å². The van der Waals surface area contributed by atoms with Gasteiger partial charge in [-0.2, -0.15) is 0 Å². The third kappa shape index (κ3) is 5.29. The van der Waals surface area contributed by atoms with E-state index in [0.29, 0.717) is 34.9 Å². The van der Waals surface area contributed by atoms with Crippen LogP contribution in [0.15, 0.2) is 71.9 Å². The number of aromatic amines is 1. The molecule has 0 unspecified atom stereocenters. The van der Waals surface area contributed by atoms with Gasteiger partial charge in [-0.1, -0.05) is 30.3 Å². The standard InChI is InChI=1S/C26H25N3O4S/c1-32-22-10-9-17(15-23(22)33-2)14-21(29-26(31)24-8-5-13-34-24)25(30)27-12-11-18-16-28-20-7-4-3-6-19(18)20/h3-10,13-16,28H,11-12H2,1-2H3,(H,27,30)(H,29,31). The molecule has 2 aromatic heterocycles. The molecule has 2 heterocycles. The van der Waals surface area contributed by atoms with Crippen LogP contribution in [0.4, 0.5) is 0 Å². The van der Waals surface area contributed by atoms with Crippen LogP contribution in [-0.2, 0) is 11.2 Å². The summed E-state index contributed by atoms with van der Waals surface area (Å²) >= 11 is 1.31. The minimum Gasteiger partial charge on any atom is -0.493 e. The highest BCUT2D eigenvalue weighted by molar-refractivity contribution is 7.12. The van der Waals surface area contributed by atoms with Crippen molar-refractivity contribution >= 4 is 40.1 Å². The third-order valence-corrected chi connectivity index (χ3v) is 6.18. The second kappa shape index (κ2) is 10.7. The number of rotatable bonds is 9. The largest absolute Gasteiger partial charge is 0.493 e. The fraction of sp³-hybridized carbons (Fsp3) is 0.154. The maximum absolute atomic E-state index is 13.1. The predicted octanol–water partition coefficient (Wildman–Crippen LogP) is 4.38. The van der Waals surface area contributed by atoms with Crippen molar-refractivity contribution in [3.05, 3.63) is 87.9 Å². The fourth-order valence-electron chi connectivity index (χ4n) is 3.60. The number of para-hydroxylation sites is 1. The van der Waals surface area contributed by atoms with Crippen molar-refractivity contribution in [2.24, 2.45) is 0 Å². The van der Waals surface area contributed by atoms with E-state index in [9.17, 15) is 9.59 Å². The zero-order chi connectivity index (χ0) is 23.9. The Morgan fingerprint density at radius 3 is 2.62 bits per heavy atom. The summed E-state index contributed by atoms with van der Waals surface area (Å²) in [6.07, 6.45) is 4.22. The molecule has 0 saturated heterocycles. The molecule has 4 aromatic rings. The van der Waals surface area contributed by atoms with Crippen LogP contribution in [0.3, 0.4) is 0 Å². The van der Waals surface area contributed by atoms with Crippen LogP contribution >= 0.6 is 11.3 Å². The Balaban J connectivity index is 1.52. The summed E-state index contributed by atoms with van der Waals surface area (Å²) in [5.41, 5.74) is 3.00. The Morgan fingerprint density at radius 2 is 1.85 bits per heavy atom. The Kier molecular flexibility index (Phi) is 7.29. The molecule has 4 rings (SSSR count). The van der Waals surface area contributed by atoms with Crippen LogP contribution in [0.1, 0.15) is 20.8 Å². The van der Waals surface area contributed by atoms with Crippen molar-refractivity contribution in [1.29, 1.82) is 0 Å². The molecule has 7 nitrogen and oxygen atoms in total. The number of carbonyl (C=O) groups is 2. The highest BCUT2D eigenvalue weighted by Gasteiger charge is 2.16. The van der Waals surface area contributed by atoms with E-state index in [1.165, 1.54) is 11.3 Å². The second-order valence-corrected chi connectivity index (χ2v) is 8.42. The number of benzene rings is 2. The van der Waals surface area contributed by atoms with E-state index in [-0.39, 0.29) is 17.5 Å². The molecule has 0 aliphatic heterocycles. The lowest BCUT2D eigenvalue weighted by Crippen LogP contribution is -2.35. The van der Waals surface area contributed by atoms with Gasteiger partial charge in [0, 0.05) is 23.6 Å². The molecular formula is C26H25N3O4S. The van der Waals surface area contributed by atoms with Crippen molar-refractivity contribution in [3.8, 4) is 11.5 Å². The number of aromatic nitrogens is 1. The van der Waals surface area contributed by atoms with Gasteiger partial charge < -0.3 is 25.1 Å². The van der Waals surface area contributed by atoms with Crippen LogP contribution in [-0.4, -0.2) is 37.6 Å². The smallest absolute Gasteiger partial charge is 0.267 e. The molecule has 0 aliphatic carbocycles. The van der Waals surface area contributed by atoms with Crippen molar-refractivity contribution in [3.63, 3.8) is 0 Å². The first kappa shape index (κ1) is 23.1. The average molecular weight is 476 g/mol. The first-order valence-electron chi connectivity index (χ1n) is 10.7. The van der Waals surface area contributed by atoms with Gasteiger partial charge >= 0.3 is 0 Å². The quantitative estimate of drug-likeness (QED) is 0.313. The number of H-pyrrole nitrogens is 1. The van der Waals surface area contributed by atoms with Crippen molar-refractivity contribution in [1.82, 2.24) is 15.6 Å². The lowest BCUT2D eigenvalue weighted by Gasteiger charge is -2.12. The summed E-state index contributed by atoms with van der Waals surface area (Å²) in [6, 6.07) is 16.8. The SMILES string of the molecule is COc1ccc(C=C(NC(=O)c2cccs2)C(=O)NCCc2c[nH]c3ccccc23)cc1OC. The monoisotopic (exact) mass is 475 g/mol. The molecule has 0 bridgehead atoms. The predicted molar refractivity (Wildman–Crippen MR) is 134 cm³/mol. The first-order chi connectivity index (χ1) is 16.6. The minimum absolute atomic E-state index is 0.143. The van der Waals surface area contributed by atoms with E-state index in [1.54, 1.807) is 50.6 Å². The number of carbonyl (C=O) groups excluding carboxylic acids is 2. The number of hydrogen-bond donors (Lipinski definition) is 3. The lowest BCUT2D eigenvalue weighted by molar-refractivity contribution is -0.117. The second-order valence-electron chi connectivity index (χ2n) is 7.47. The number of thiophene rings is 1. The molecule has 2 aromatic carbocycles. The van der Waals surface area contributed by atoms with Crippen LogP contribution in [0, 0.1) is 0 Å². The number of hydrogen-bond acceptors (Lipinski definition) is 5. The van der Waals surface area contributed by atoms with Crippen molar-refractivity contribution < 1.29 is 19.1 Å². The molecule has 34 heavy (non-hydrogen) atoms. The summed E-state index contributed by atoms with van der Waals surface area (Å²) < 4.78 is 10.6. The number of fused-ring (bicyclic) bond motifs is 1. The molecule has 2 amide bonds. The lowest BCUT2D eigenvalue weighted by atomic mass is 10.1. The van der Waals surface area contributed by atoms with Crippen LogP contribution in [0.25, 0.3) is 17.0 Å². The van der Waals surface area contributed by atoms with E-state index >= 15 is 0 Å². The molecule has 0 saturated carbocycles. The molecule has 0 radical (unpaired) electrons. The van der Waals surface area contributed by atoms with E-state index in [4.69, 9.17) is 9.47 Å². The summed E-state index contributed by atoms with van der Waals surface area (Å²) in [6.45, 7) is 0.416. The van der Waals surface area contributed by atoms with Gasteiger partial charge in [0.25, 0.3) is 11.8 Å². The highest BCUT2D eigenvalue weighted by atomic mass is 32.1. The van der Waals surface area contributed by atoms with Crippen LogP contribution in [0.2, 0.25) is 0 Å². The summed E-state index contributed by atoms with van der Waals surface area (Å²) in [5, 5.41) is 8.61. The maximum atomic E-state index is 13.1. The topological polar surface area (TPSA) is 92.5 Å². The molecule has 0 aliphatic rings. The maximum Gasteiger partial charge on any atom is 0.267 e. The Bertz CT molecular complexity index is 1330. The number of nitrogens with one attached hydrogen (secondary N) is 3. The zero-order valence-electron chi connectivity index (χ0n) is 18.9. The molecular weight excluding hydrogens is 450 g/mol. The molecule has 0 atom stereocenters. The Morgan fingerprint density at radius 1 is 1.03 bits per heavy atom.